The van der Waals surface area contributed by atoms with Crippen molar-refractivity contribution in [3.8, 4) is 5.75 Å². The van der Waals surface area contributed by atoms with Crippen molar-refractivity contribution in [1.29, 1.82) is 0 Å². The topological polar surface area (TPSA) is 71.8 Å². The maximum absolute atomic E-state index is 13.2. The van der Waals surface area contributed by atoms with E-state index in [1.165, 1.54) is 11.2 Å². The van der Waals surface area contributed by atoms with Gasteiger partial charge in [-0.1, -0.05) is 30.3 Å². The molecule has 2 aromatic carbocycles. The number of carbonyl (C=O) groups excluding carboxylic acids is 2. The van der Waals surface area contributed by atoms with Crippen molar-refractivity contribution in [3.63, 3.8) is 0 Å². The summed E-state index contributed by atoms with van der Waals surface area (Å²) in [5, 5.41) is 3.18. The van der Waals surface area contributed by atoms with Crippen LogP contribution in [0.15, 0.2) is 77.0 Å². The molecule has 1 aliphatic heterocycles. The van der Waals surface area contributed by atoms with Crippen molar-refractivity contribution >= 4 is 23.1 Å². The first kappa shape index (κ1) is 18.6. The number of nitrogens with one attached hydrogen (secondary N) is 1. The summed E-state index contributed by atoms with van der Waals surface area (Å²) in [5.41, 5.74) is 2.96. The number of nitrogens with zero attached hydrogens (tertiary/aromatic N) is 1. The lowest BCUT2D eigenvalue weighted by atomic mass is 10.0. The number of aryl methyl sites for hydroxylation is 1. The number of carbonyl (C=O) groups is 2. The SMILES string of the molecule is COc1ccc(C2=C(Nc3ccccc3C)C(=O)N(Cc3ccco3)C2=O)cc1. The van der Waals surface area contributed by atoms with Crippen LogP contribution in [-0.4, -0.2) is 23.8 Å². The van der Waals surface area contributed by atoms with Crippen LogP contribution in [0.3, 0.4) is 0 Å². The van der Waals surface area contributed by atoms with Crippen LogP contribution >= 0.6 is 0 Å². The number of hydrogen-bond donors (Lipinski definition) is 1. The van der Waals surface area contributed by atoms with Crippen molar-refractivity contribution in [1.82, 2.24) is 4.90 Å². The van der Waals surface area contributed by atoms with Gasteiger partial charge in [0, 0.05) is 5.69 Å². The molecule has 3 aromatic rings. The minimum atomic E-state index is -0.388. The summed E-state index contributed by atoms with van der Waals surface area (Å²) >= 11 is 0. The summed E-state index contributed by atoms with van der Waals surface area (Å²) in [5.74, 6) is 0.457. The number of anilines is 1. The summed E-state index contributed by atoms with van der Waals surface area (Å²) in [6.07, 6.45) is 1.52. The van der Waals surface area contributed by atoms with Gasteiger partial charge < -0.3 is 14.5 Å². The van der Waals surface area contributed by atoms with Gasteiger partial charge in [-0.2, -0.15) is 0 Å². The molecule has 146 valence electrons. The van der Waals surface area contributed by atoms with Crippen molar-refractivity contribution in [2.24, 2.45) is 0 Å². The van der Waals surface area contributed by atoms with Crippen LogP contribution in [0.25, 0.3) is 5.57 Å². The summed E-state index contributed by atoms with van der Waals surface area (Å²) in [4.78, 5) is 27.6. The van der Waals surface area contributed by atoms with E-state index in [0.29, 0.717) is 22.6 Å². The molecule has 0 bridgehead atoms. The molecular weight excluding hydrogens is 368 g/mol. The zero-order chi connectivity index (χ0) is 20.4. The maximum atomic E-state index is 13.2. The minimum absolute atomic E-state index is 0.0727. The smallest absolute Gasteiger partial charge is 0.278 e. The van der Waals surface area contributed by atoms with Crippen molar-refractivity contribution in [3.05, 3.63) is 89.5 Å². The molecule has 0 spiro atoms. The molecule has 0 unspecified atom stereocenters. The van der Waals surface area contributed by atoms with E-state index < -0.39 is 0 Å². The summed E-state index contributed by atoms with van der Waals surface area (Å²) in [6.45, 7) is 2.01. The highest BCUT2D eigenvalue weighted by molar-refractivity contribution is 6.36. The third kappa shape index (κ3) is 3.52. The number of benzene rings is 2. The Hall–Kier alpha value is -3.80. The number of rotatable bonds is 6. The fourth-order valence-electron chi connectivity index (χ4n) is 3.27. The number of hydrogen-bond acceptors (Lipinski definition) is 5. The molecule has 2 amide bonds. The van der Waals surface area contributed by atoms with E-state index in [2.05, 4.69) is 5.32 Å². The van der Waals surface area contributed by atoms with E-state index >= 15 is 0 Å². The van der Waals surface area contributed by atoms with Crippen LogP contribution in [0, 0.1) is 6.92 Å². The van der Waals surface area contributed by atoms with Gasteiger partial charge in [-0.3, -0.25) is 14.5 Å². The zero-order valence-electron chi connectivity index (χ0n) is 16.1. The lowest BCUT2D eigenvalue weighted by Crippen LogP contribution is -2.31. The molecule has 1 N–H and O–H groups in total. The minimum Gasteiger partial charge on any atom is -0.497 e. The first-order chi connectivity index (χ1) is 14.1. The van der Waals surface area contributed by atoms with Gasteiger partial charge in [-0.15, -0.1) is 0 Å². The van der Waals surface area contributed by atoms with Crippen molar-refractivity contribution < 1.29 is 18.7 Å². The van der Waals surface area contributed by atoms with Crippen LogP contribution in [0.5, 0.6) is 5.75 Å². The van der Waals surface area contributed by atoms with E-state index in [1.807, 2.05) is 31.2 Å². The van der Waals surface area contributed by atoms with Crippen LogP contribution in [0.2, 0.25) is 0 Å². The molecule has 0 aliphatic carbocycles. The third-order valence-electron chi connectivity index (χ3n) is 4.85. The van der Waals surface area contributed by atoms with E-state index in [0.717, 1.165) is 11.3 Å². The molecular formula is C23H20N2O4. The standard InChI is InChI=1S/C23H20N2O4/c1-15-6-3-4-8-19(15)24-21-20(16-9-11-17(28-2)12-10-16)22(26)25(23(21)27)14-18-7-5-13-29-18/h3-13,24H,14H2,1-2H3. The number of methoxy groups -OCH3 is 1. The van der Waals surface area contributed by atoms with Crippen LogP contribution in [-0.2, 0) is 16.1 Å². The van der Waals surface area contributed by atoms with Gasteiger partial charge in [0.25, 0.3) is 11.8 Å². The normalized spacial score (nSPS) is 13.9. The molecule has 1 aliphatic rings. The quantitative estimate of drug-likeness (QED) is 0.647. The second-order valence-electron chi connectivity index (χ2n) is 6.69. The van der Waals surface area contributed by atoms with Gasteiger partial charge >= 0.3 is 0 Å². The molecule has 4 rings (SSSR count). The lowest BCUT2D eigenvalue weighted by Gasteiger charge is -2.14. The summed E-state index contributed by atoms with van der Waals surface area (Å²) in [6, 6.07) is 18.2. The molecule has 6 nitrogen and oxygen atoms in total. The highest BCUT2D eigenvalue weighted by Gasteiger charge is 2.39. The Morgan fingerprint density at radius 2 is 1.72 bits per heavy atom. The van der Waals surface area contributed by atoms with Gasteiger partial charge in [-0.05, 0) is 48.4 Å². The second-order valence-corrected chi connectivity index (χ2v) is 6.69. The predicted molar refractivity (Wildman–Crippen MR) is 109 cm³/mol. The summed E-state index contributed by atoms with van der Waals surface area (Å²) in [7, 11) is 1.58. The Labute approximate surface area is 168 Å². The fourth-order valence-corrected chi connectivity index (χ4v) is 3.27. The molecule has 6 heteroatoms. The number of amides is 2. The lowest BCUT2D eigenvalue weighted by molar-refractivity contribution is -0.137. The highest BCUT2D eigenvalue weighted by atomic mass is 16.5. The van der Waals surface area contributed by atoms with Gasteiger partial charge in [0.15, 0.2) is 0 Å². The number of para-hydroxylation sites is 1. The predicted octanol–water partition coefficient (Wildman–Crippen LogP) is 3.99. The molecule has 0 saturated carbocycles. The Kier molecular flexibility index (Phi) is 4.91. The number of furan rings is 1. The van der Waals surface area contributed by atoms with Crippen LogP contribution < -0.4 is 10.1 Å². The monoisotopic (exact) mass is 388 g/mol. The first-order valence-electron chi connectivity index (χ1n) is 9.18. The maximum Gasteiger partial charge on any atom is 0.278 e. The molecule has 0 fully saturated rings. The Balaban J connectivity index is 1.76. The van der Waals surface area contributed by atoms with Gasteiger partial charge in [0.05, 0.1) is 25.5 Å². The molecule has 0 radical (unpaired) electrons. The Morgan fingerprint density at radius 3 is 2.38 bits per heavy atom. The van der Waals surface area contributed by atoms with Gasteiger partial charge in [0.2, 0.25) is 0 Å². The molecule has 29 heavy (non-hydrogen) atoms. The van der Waals surface area contributed by atoms with E-state index in [4.69, 9.17) is 9.15 Å². The largest absolute Gasteiger partial charge is 0.497 e. The first-order valence-corrected chi connectivity index (χ1v) is 9.18. The summed E-state index contributed by atoms with van der Waals surface area (Å²) < 4.78 is 10.5. The van der Waals surface area contributed by atoms with E-state index in [9.17, 15) is 9.59 Å². The zero-order valence-corrected chi connectivity index (χ0v) is 16.1. The molecule has 0 saturated heterocycles. The molecule has 1 aromatic heterocycles. The second kappa shape index (κ2) is 7.67. The average molecular weight is 388 g/mol. The Bertz CT molecular complexity index is 1080. The van der Waals surface area contributed by atoms with Crippen LogP contribution in [0.4, 0.5) is 5.69 Å². The average Bonchev–Trinajstić information content (AvgIpc) is 3.33. The van der Waals surface area contributed by atoms with Gasteiger partial charge in [-0.25, -0.2) is 0 Å². The number of imide groups is 1. The highest BCUT2D eigenvalue weighted by Crippen LogP contribution is 2.33. The molecule has 0 atom stereocenters. The van der Waals surface area contributed by atoms with Gasteiger partial charge in [0.1, 0.15) is 17.2 Å². The number of ether oxygens (including phenoxy) is 1. The van der Waals surface area contributed by atoms with Crippen LogP contribution in [0.1, 0.15) is 16.9 Å². The van der Waals surface area contributed by atoms with E-state index in [-0.39, 0.29) is 24.1 Å². The van der Waals surface area contributed by atoms with Crippen molar-refractivity contribution in [2.75, 3.05) is 12.4 Å². The molecule has 2 heterocycles. The Morgan fingerprint density at radius 1 is 0.966 bits per heavy atom. The third-order valence-corrected chi connectivity index (χ3v) is 4.85. The fraction of sp³-hybridized carbons (Fsp3) is 0.130. The van der Waals surface area contributed by atoms with E-state index in [1.54, 1.807) is 43.5 Å². The van der Waals surface area contributed by atoms with Crippen molar-refractivity contribution in [2.45, 2.75) is 13.5 Å².